The van der Waals surface area contributed by atoms with Gasteiger partial charge in [-0.1, -0.05) is 19.3 Å². The Kier molecular flexibility index (Phi) is 4.33. The summed E-state index contributed by atoms with van der Waals surface area (Å²) in [6.45, 7) is 0. The predicted octanol–water partition coefficient (Wildman–Crippen LogP) is 2.61. The van der Waals surface area contributed by atoms with Crippen molar-refractivity contribution >= 4 is 23.8 Å². The number of hydrogen-bond acceptors (Lipinski definition) is 3. The Hall–Kier alpha value is -0.910. The molecule has 118 valence electrons. The molecular formula is C15H24N2O3S. The van der Waals surface area contributed by atoms with Crippen LogP contribution in [0, 0.1) is 5.92 Å². The number of carbonyl (C=O) groups excluding carboxylic acids is 1. The minimum absolute atomic E-state index is 0.0730. The van der Waals surface area contributed by atoms with Crippen LogP contribution in [0.1, 0.15) is 44.9 Å². The highest BCUT2D eigenvalue weighted by atomic mass is 32.2. The second-order valence-electron chi connectivity index (χ2n) is 6.51. The van der Waals surface area contributed by atoms with Crippen LogP contribution in [0.2, 0.25) is 0 Å². The van der Waals surface area contributed by atoms with E-state index in [4.69, 9.17) is 0 Å². The van der Waals surface area contributed by atoms with Gasteiger partial charge in [0.15, 0.2) is 0 Å². The highest BCUT2D eigenvalue weighted by molar-refractivity contribution is 8.00. The molecule has 2 atom stereocenters. The molecule has 1 saturated heterocycles. The second-order valence-corrected chi connectivity index (χ2v) is 7.66. The van der Waals surface area contributed by atoms with Gasteiger partial charge in [0.05, 0.1) is 5.37 Å². The van der Waals surface area contributed by atoms with Crippen LogP contribution in [0.4, 0.5) is 4.79 Å². The molecule has 6 heteroatoms. The van der Waals surface area contributed by atoms with Crippen molar-refractivity contribution < 1.29 is 14.7 Å². The zero-order valence-electron chi connectivity index (χ0n) is 12.5. The van der Waals surface area contributed by atoms with E-state index in [1.807, 2.05) is 11.9 Å². The molecule has 0 aromatic carbocycles. The number of hydrogen-bond donors (Lipinski definition) is 1. The highest BCUT2D eigenvalue weighted by Gasteiger charge is 2.49. The number of urea groups is 1. The summed E-state index contributed by atoms with van der Waals surface area (Å²) in [7, 11) is 1.85. The monoisotopic (exact) mass is 312 g/mol. The molecule has 0 bridgehead atoms. The Morgan fingerprint density at radius 3 is 2.38 bits per heavy atom. The number of aliphatic carboxylic acids is 1. The van der Waals surface area contributed by atoms with E-state index in [0.29, 0.717) is 11.7 Å². The van der Waals surface area contributed by atoms with E-state index < -0.39 is 12.0 Å². The summed E-state index contributed by atoms with van der Waals surface area (Å²) in [6.07, 6.45) is 7.95. The normalized spacial score (nSPS) is 30.4. The number of carboxylic acids is 1. The number of thioether (sulfide) groups is 1. The van der Waals surface area contributed by atoms with E-state index >= 15 is 0 Å². The highest BCUT2D eigenvalue weighted by Crippen LogP contribution is 2.46. The van der Waals surface area contributed by atoms with Crippen LogP contribution in [0.25, 0.3) is 0 Å². The van der Waals surface area contributed by atoms with Crippen molar-refractivity contribution in [2.45, 2.75) is 62.4 Å². The maximum absolute atomic E-state index is 12.9. The summed E-state index contributed by atoms with van der Waals surface area (Å²) in [5.74, 6) is 0.167. The molecule has 2 saturated carbocycles. The van der Waals surface area contributed by atoms with E-state index in [1.54, 1.807) is 16.7 Å². The first-order valence-electron chi connectivity index (χ1n) is 7.99. The summed E-state index contributed by atoms with van der Waals surface area (Å²) in [5.41, 5.74) is 0. The molecular weight excluding hydrogens is 288 g/mol. The van der Waals surface area contributed by atoms with Crippen LogP contribution >= 0.6 is 11.8 Å². The van der Waals surface area contributed by atoms with Crippen molar-refractivity contribution in [3.8, 4) is 0 Å². The van der Waals surface area contributed by atoms with E-state index in [-0.39, 0.29) is 17.4 Å². The summed E-state index contributed by atoms with van der Waals surface area (Å²) in [6, 6.07) is -0.443. The average Bonchev–Trinajstić information content (AvgIpc) is 3.24. The predicted molar refractivity (Wildman–Crippen MR) is 82.3 cm³/mol. The molecule has 3 fully saturated rings. The molecule has 1 aliphatic heterocycles. The molecule has 2 amide bonds. The third-order valence-electron chi connectivity index (χ3n) is 4.99. The number of rotatable bonds is 3. The summed E-state index contributed by atoms with van der Waals surface area (Å²) < 4.78 is 0. The van der Waals surface area contributed by atoms with Gasteiger partial charge in [-0.05, 0) is 31.6 Å². The van der Waals surface area contributed by atoms with Gasteiger partial charge in [0.2, 0.25) is 0 Å². The van der Waals surface area contributed by atoms with Crippen molar-refractivity contribution in [2.75, 3.05) is 12.8 Å². The lowest BCUT2D eigenvalue weighted by atomic mass is 9.94. The first-order valence-corrected chi connectivity index (χ1v) is 9.04. The molecule has 3 rings (SSSR count). The van der Waals surface area contributed by atoms with Crippen LogP contribution < -0.4 is 0 Å². The van der Waals surface area contributed by atoms with Crippen LogP contribution in [0.3, 0.4) is 0 Å². The lowest BCUT2D eigenvalue weighted by Crippen LogP contribution is -2.53. The molecule has 2 unspecified atom stereocenters. The van der Waals surface area contributed by atoms with Gasteiger partial charge in [-0.25, -0.2) is 9.59 Å². The SMILES string of the molecule is CN(C(=O)N1C(C(=O)O)CSC1C1CC1)C1CCCCC1. The molecule has 3 aliphatic rings. The van der Waals surface area contributed by atoms with Crippen molar-refractivity contribution in [3.63, 3.8) is 0 Å². The number of nitrogens with zero attached hydrogens (tertiary/aromatic N) is 2. The van der Waals surface area contributed by atoms with Crippen LogP contribution in [-0.2, 0) is 4.79 Å². The fraction of sp³-hybridized carbons (Fsp3) is 0.867. The van der Waals surface area contributed by atoms with Gasteiger partial charge in [0, 0.05) is 18.8 Å². The molecule has 1 heterocycles. The molecule has 0 aromatic rings. The molecule has 0 aromatic heterocycles. The maximum Gasteiger partial charge on any atom is 0.327 e. The zero-order chi connectivity index (χ0) is 15.0. The minimum atomic E-state index is -0.865. The van der Waals surface area contributed by atoms with Gasteiger partial charge in [0.1, 0.15) is 6.04 Å². The fourth-order valence-electron chi connectivity index (χ4n) is 3.51. The number of carboxylic acid groups (broad SMARTS) is 1. The third kappa shape index (κ3) is 3.00. The Balaban J connectivity index is 1.73. The maximum atomic E-state index is 12.9. The first-order chi connectivity index (χ1) is 10.1. The fourth-order valence-corrected chi connectivity index (χ4v) is 5.14. The van der Waals surface area contributed by atoms with Crippen molar-refractivity contribution in [1.29, 1.82) is 0 Å². The summed E-state index contributed by atoms with van der Waals surface area (Å²) >= 11 is 1.65. The number of carbonyl (C=O) groups is 2. The zero-order valence-corrected chi connectivity index (χ0v) is 13.3. The average molecular weight is 312 g/mol. The van der Waals surface area contributed by atoms with E-state index in [0.717, 1.165) is 25.7 Å². The Labute approximate surface area is 130 Å². The topological polar surface area (TPSA) is 60.9 Å². The standard InChI is InChI=1S/C15H24N2O3S/c1-16(11-5-3-2-4-6-11)15(20)17-12(14(18)19)9-21-13(17)10-7-8-10/h10-13H,2-9H2,1H3,(H,18,19). The molecule has 2 aliphatic carbocycles. The van der Waals surface area contributed by atoms with Gasteiger partial charge in [-0.2, -0.15) is 0 Å². The Morgan fingerprint density at radius 1 is 1.14 bits per heavy atom. The Morgan fingerprint density at radius 2 is 1.81 bits per heavy atom. The van der Waals surface area contributed by atoms with Gasteiger partial charge in [-0.15, -0.1) is 11.8 Å². The van der Waals surface area contributed by atoms with E-state index in [1.165, 1.54) is 19.3 Å². The molecule has 0 spiro atoms. The Bertz CT molecular complexity index is 421. The smallest absolute Gasteiger partial charge is 0.327 e. The second kappa shape index (κ2) is 6.07. The van der Waals surface area contributed by atoms with Crippen molar-refractivity contribution in [1.82, 2.24) is 9.80 Å². The minimum Gasteiger partial charge on any atom is -0.480 e. The third-order valence-corrected chi connectivity index (χ3v) is 6.45. The summed E-state index contributed by atoms with van der Waals surface area (Å²) in [5, 5.41) is 9.49. The van der Waals surface area contributed by atoms with Gasteiger partial charge in [-0.3, -0.25) is 4.90 Å². The molecule has 21 heavy (non-hydrogen) atoms. The summed E-state index contributed by atoms with van der Waals surface area (Å²) in [4.78, 5) is 27.8. The largest absolute Gasteiger partial charge is 0.480 e. The van der Waals surface area contributed by atoms with Gasteiger partial charge in [0.25, 0.3) is 0 Å². The molecule has 5 nitrogen and oxygen atoms in total. The van der Waals surface area contributed by atoms with E-state index in [9.17, 15) is 14.7 Å². The first kappa shape index (κ1) is 15.0. The van der Waals surface area contributed by atoms with Crippen LogP contribution in [0.15, 0.2) is 0 Å². The van der Waals surface area contributed by atoms with Crippen LogP contribution in [0.5, 0.6) is 0 Å². The van der Waals surface area contributed by atoms with E-state index in [2.05, 4.69) is 0 Å². The molecule has 0 radical (unpaired) electrons. The lowest BCUT2D eigenvalue weighted by molar-refractivity contribution is -0.141. The van der Waals surface area contributed by atoms with Gasteiger partial charge < -0.3 is 10.0 Å². The number of amides is 2. The van der Waals surface area contributed by atoms with Crippen molar-refractivity contribution in [2.24, 2.45) is 5.92 Å². The van der Waals surface area contributed by atoms with Crippen LogP contribution in [-0.4, -0.2) is 57.2 Å². The lowest BCUT2D eigenvalue weighted by Gasteiger charge is -2.37. The quantitative estimate of drug-likeness (QED) is 0.870. The molecule has 1 N–H and O–H groups in total. The van der Waals surface area contributed by atoms with Gasteiger partial charge >= 0.3 is 12.0 Å². The van der Waals surface area contributed by atoms with Crippen molar-refractivity contribution in [3.05, 3.63) is 0 Å².